The van der Waals surface area contributed by atoms with Crippen LogP contribution in [0.2, 0.25) is 0 Å². The van der Waals surface area contributed by atoms with Gasteiger partial charge in [0.05, 0.1) is 6.10 Å². The second-order valence-electron chi connectivity index (χ2n) is 2.52. The second-order valence-corrected chi connectivity index (χ2v) is 2.52. The fraction of sp³-hybridized carbons (Fsp3) is 0.778. The highest BCUT2D eigenvalue weighted by molar-refractivity contribution is 4.94. The first-order valence-electron chi connectivity index (χ1n) is 3.85. The van der Waals surface area contributed by atoms with Crippen LogP contribution < -0.4 is 0 Å². The van der Waals surface area contributed by atoms with Crippen molar-refractivity contribution in [2.24, 2.45) is 0 Å². The highest BCUT2D eigenvalue weighted by atomic mass is 16.3. The number of aliphatic hydroxyl groups excluding tert-OH is 1. The fourth-order valence-corrected chi connectivity index (χ4v) is 0.778. The average Bonchev–Trinajstić information content (AvgIpc) is 1.87. The standard InChI is InChI=1S/C9H16O/c1-3-4-5-6-7-8-9(2)10/h9-10H,5-8H2,1-2H3. The van der Waals surface area contributed by atoms with Gasteiger partial charge in [-0.25, -0.2) is 0 Å². The van der Waals surface area contributed by atoms with Gasteiger partial charge in [0, 0.05) is 6.42 Å². The van der Waals surface area contributed by atoms with E-state index in [4.69, 9.17) is 5.11 Å². The molecule has 1 nitrogen and oxygen atoms in total. The smallest absolute Gasteiger partial charge is 0.0512 e. The monoisotopic (exact) mass is 140 g/mol. The van der Waals surface area contributed by atoms with Crippen LogP contribution in [-0.4, -0.2) is 11.2 Å². The Morgan fingerprint density at radius 3 is 2.60 bits per heavy atom. The maximum absolute atomic E-state index is 8.87. The first-order chi connectivity index (χ1) is 4.77. The van der Waals surface area contributed by atoms with E-state index in [2.05, 4.69) is 11.8 Å². The van der Waals surface area contributed by atoms with Gasteiger partial charge in [0.25, 0.3) is 0 Å². The maximum atomic E-state index is 8.87. The molecule has 0 aliphatic heterocycles. The van der Waals surface area contributed by atoms with Gasteiger partial charge in [-0.2, -0.15) is 0 Å². The molecule has 0 aromatic carbocycles. The third-order valence-electron chi connectivity index (χ3n) is 1.35. The minimum Gasteiger partial charge on any atom is -0.393 e. The number of unbranched alkanes of at least 4 members (excludes halogenated alkanes) is 2. The molecule has 1 unspecified atom stereocenters. The van der Waals surface area contributed by atoms with Crippen molar-refractivity contribution in [3.8, 4) is 11.8 Å². The molecule has 0 spiro atoms. The molecule has 0 saturated carbocycles. The zero-order valence-electron chi connectivity index (χ0n) is 6.85. The minimum atomic E-state index is -0.144. The molecule has 58 valence electrons. The molecule has 1 atom stereocenters. The third-order valence-corrected chi connectivity index (χ3v) is 1.35. The summed E-state index contributed by atoms with van der Waals surface area (Å²) in [4.78, 5) is 0. The first-order valence-corrected chi connectivity index (χ1v) is 3.85. The molecule has 0 aliphatic carbocycles. The van der Waals surface area contributed by atoms with Crippen LogP contribution >= 0.6 is 0 Å². The van der Waals surface area contributed by atoms with Gasteiger partial charge in [-0.1, -0.05) is 0 Å². The van der Waals surface area contributed by atoms with Crippen molar-refractivity contribution < 1.29 is 5.11 Å². The van der Waals surface area contributed by atoms with Crippen LogP contribution in [0.4, 0.5) is 0 Å². The quantitative estimate of drug-likeness (QED) is 0.467. The third kappa shape index (κ3) is 7.52. The highest BCUT2D eigenvalue weighted by Crippen LogP contribution is 2.01. The van der Waals surface area contributed by atoms with Crippen molar-refractivity contribution in [1.82, 2.24) is 0 Å². The Morgan fingerprint density at radius 2 is 2.10 bits per heavy atom. The van der Waals surface area contributed by atoms with Gasteiger partial charge >= 0.3 is 0 Å². The predicted molar refractivity (Wildman–Crippen MR) is 43.6 cm³/mol. The average molecular weight is 140 g/mol. The van der Waals surface area contributed by atoms with Crippen molar-refractivity contribution in [2.45, 2.75) is 45.6 Å². The Labute approximate surface area is 63.5 Å². The fourth-order valence-electron chi connectivity index (χ4n) is 0.778. The van der Waals surface area contributed by atoms with Crippen LogP contribution in [0.3, 0.4) is 0 Å². The lowest BCUT2D eigenvalue weighted by Crippen LogP contribution is -1.97. The van der Waals surface area contributed by atoms with Gasteiger partial charge in [-0.3, -0.25) is 0 Å². The lowest BCUT2D eigenvalue weighted by atomic mass is 10.1. The van der Waals surface area contributed by atoms with E-state index in [1.54, 1.807) is 0 Å². The zero-order valence-corrected chi connectivity index (χ0v) is 6.85. The van der Waals surface area contributed by atoms with Gasteiger partial charge in [0.15, 0.2) is 0 Å². The van der Waals surface area contributed by atoms with Gasteiger partial charge < -0.3 is 5.11 Å². The SMILES string of the molecule is CC#CCCCCC(C)O. The van der Waals surface area contributed by atoms with Crippen LogP contribution in [0.25, 0.3) is 0 Å². The van der Waals surface area contributed by atoms with Gasteiger partial charge in [0.2, 0.25) is 0 Å². The van der Waals surface area contributed by atoms with Crippen LogP contribution in [0.15, 0.2) is 0 Å². The van der Waals surface area contributed by atoms with E-state index < -0.39 is 0 Å². The lowest BCUT2D eigenvalue weighted by molar-refractivity contribution is 0.181. The molecule has 1 N–H and O–H groups in total. The molecule has 1 heteroatoms. The lowest BCUT2D eigenvalue weighted by Gasteiger charge is -2.00. The summed E-state index contributed by atoms with van der Waals surface area (Å²) in [6.07, 6.45) is 3.95. The Kier molecular flexibility index (Phi) is 6.32. The molecule has 0 aromatic rings. The molecule has 10 heavy (non-hydrogen) atoms. The van der Waals surface area contributed by atoms with E-state index in [1.807, 2.05) is 13.8 Å². The summed E-state index contributed by atoms with van der Waals surface area (Å²) in [5, 5.41) is 8.87. The molecule has 0 saturated heterocycles. The molecule has 0 aliphatic rings. The van der Waals surface area contributed by atoms with Gasteiger partial charge in [0.1, 0.15) is 0 Å². The summed E-state index contributed by atoms with van der Waals surface area (Å²) < 4.78 is 0. The summed E-state index contributed by atoms with van der Waals surface area (Å²) in [6.45, 7) is 3.68. The number of rotatable bonds is 4. The molecule has 0 rings (SSSR count). The zero-order chi connectivity index (χ0) is 7.82. The Morgan fingerprint density at radius 1 is 1.40 bits per heavy atom. The van der Waals surface area contributed by atoms with Gasteiger partial charge in [-0.15, -0.1) is 11.8 Å². The maximum Gasteiger partial charge on any atom is 0.0512 e. The first kappa shape index (κ1) is 9.52. The van der Waals surface area contributed by atoms with E-state index in [9.17, 15) is 0 Å². The highest BCUT2D eigenvalue weighted by Gasteiger charge is 1.92. The van der Waals surface area contributed by atoms with E-state index in [1.165, 1.54) is 0 Å². The molecular weight excluding hydrogens is 124 g/mol. The summed E-state index contributed by atoms with van der Waals surface area (Å²) in [7, 11) is 0. The van der Waals surface area contributed by atoms with Crippen LogP contribution in [-0.2, 0) is 0 Å². The van der Waals surface area contributed by atoms with E-state index in [0.717, 1.165) is 25.7 Å². The summed E-state index contributed by atoms with van der Waals surface area (Å²) in [5.41, 5.74) is 0. The number of hydrogen-bond donors (Lipinski definition) is 1. The summed E-state index contributed by atoms with van der Waals surface area (Å²) >= 11 is 0. The van der Waals surface area contributed by atoms with Crippen molar-refractivity contribution in [3.63, 3.8) is 0 Å². The van der Waals surface area contributed by atoms with Crippen molar-refractivity contribution in [3.05, 3.63) is 0 Å². The Bertz CT molecular complexity index is 116. The van der Waals surface area contributed by atoms with Crippen LogP contribution in [0, 0.1) is 11.8 Å². The Hall–Kier alpha value is -0.480. The molecule has 0 bridgehead atoms. The topological polar surface area (TPSA) is 20.2 Å². The van der Waals surface area contributed by atoms with E-state index >= 15 is 0 Å². The largest absolute Gasteiger partial charge is 0.393 e. The number of aliphatic hydroxyl groups is 1. The molecule has 0 radical (unpaired) electrons. The molecule has 0 aromatic heterocycles. The van der Waals surface area contributed by atoms with Crippen molar-refractivity contribution in [2.75, 3.05) is 0 Å². The second kappa shape index (κ2) is 6.64. The molecule has 0 amide bonds. The van der Waals surface area contributed by atoms with Crippen molar-refractivity contribution in [1.29, 1.82) is 0 Å². The normalized spacial score (nSPS) is 11.9. The van der Waals surface area contributed by atoms with Gasteiger partial charge in [-0.05, 0) is 33.1 Å². The van der Waals surface area contributed by atoms with Crippen molar-refractivity contribution >= 4 is 0 Å². The summed E-state index contributed by atoms with van der Waals surface area (Å²) in [5.74, 6) is 5.83. The molecular formula is C9H16O. The summed E-state index contributed by atoms with van der Waals surface area (Å²) in [6, 6.07) is 0. The van der Waals surface area contributed by atoms with E-state index in [0.29, 0.717) is 0 Å². The van der Waals surface area contributed by atoms with Crippen LogP contribution in [0.5, 0.6) is 0 Å². The minimum absolute atomic E-state index is 0.144. The Balaban J connectivity index is 2.96. The van der Waals surface area contributed by atoms with E-state index in [-0.39, 0.29) is 6.10 Å². The molecule has 0 heterocycles. The number of hydrogen-bond acceptors (Lipinski definition) is 1. The molecule has 0 fully saturated rings. The predicted octanol–water partition coefficient (Wildman–Crippen LogP) is 1.95. The van der Waals surface area contributed by atoms with Crippen LogP contribution in [0.1, 0.15) is 39.5 Å².